The maximum Gasteiger partial charge on any atom is 0.257 e. The van der Waals surface area contributed by atoms with Crippen LogP contribution in [0.1, 0.15) is 38.2 Å². The molecule has 0 aromatic heterocycles. The minimum absolute atomic E-state index is 0.0341. The highest BCUT2D eigenvalue weighted by atomic mass is 35.5. The Kier molecular flexibility index (Phi) is 6.57. The lowest BCUT2D eigenvalue weighted by atomic mass is 9.78. The van der Waals surface area contributed by atoms with E-state index in [0.29, 0.717) is 23.0 Å². The van der Waals surface area contributed by atoms with Crippen LogP contribution in [0.25, 0.3) is 0 Å². The van der Waals surface area contributed by atoms with Gasteiger partial charge in [0.1, 0.15) is 5.75 Å². The average molecular weight is 401 g/mol. The smallest absolute Gasteiger partial charge is 0.257 e. The van der Waals surface area contributed by atoms with Gasteiger partial charge in [0.05, 0.1) is 5.41 Å². The first-order valence-electron chi connectivity index (χ1n) is 9.60. The number of rotatable bonds is 7. The molecule has 0 unspecified atom stereocenters. The summed E-state index contributed by atoms with van der Waals surface area (Å²) in [6.07, 6.45) is 3.62. The second kappa shape index (κ2) is 9.11. The van der Waals surface area contributed by atoms with Gasteiger partial charge in [0.2, 0.25) is 5.91 Å². The number of carbonyl (C=O) groups excluding carboxylic acids is 2. The molecule has 148 valence electrons. The van der Waals surface area contributed by atoms with Gasteiger partial charge >= 0.3 is 0 Å². The van der Waals surface area contributed by atoms with Crippen molar-refractivity contribution in [2.45, 2.75) is 38.0 Å². The molecule has 6 heteroatoms. The van der Waals surface area contributed by atoms with E-state index in [2.05, 4.69) is 10.6 Å². The van der Waals surface area contributed by atoms with E-state index in [-0.39, 0.29) is 18.4 Å². The molecule has 2 aromatic rings. The molecule has 5 nitrogen and oxygen atoms in total. The van der Waals surface area contributed by atoms with E-state index in [4.69, 9.17) is 16.3 Å². The van der Waals surface area contributed by atoms with Crippen molar-refractivity contribution >= 4 is 29.1 Å². The highest BCUT2D eigenvalue weighted by molar-refractivity contribution is 6.30. The van der Waals surface area contributed by atoms with Gasteiger partial charge in [-0.3, -0.25) is 9.59 Å². The van der Waals surface area contributed by atoms with Gasteiger partial charge in [-0.15, -0.1) is 0 Å². The maximum atomic E-state index is 13.3. The normalized spacial score (nSPS) is 15.1. The molecule has 1 saturated carbocycles. The van der Waals surface area contributed by atoms with Crippen molar-refractivity contribution in [2.24, 2.45) is 0 Å². The van der Waals surface area contributed by atoms with E-state index in [1.807, 2.05) is 37.3 Å². The van der Waals surface area contributed by atoms with Crippen LogP contribution in [0.5, 0.6) is 5.75 Å². The Morgan fingerprint density at radius 2 is 1.86 bits per heavy atom. The summed E-state index contributed by atoms with van der Waals surface area (Å²) in [6.45, 7) is 2.36. The van der Waals surface area contributed by atoms with Gasteiger partial charge in [-0.2, -0.15) is 0 Å². The van der Waals surface area contributed by atoms with E-state index in [9.17, 15) is 9.59 Å². The topological polar surface area (TPSA) is 67.4 Å². The molecule has 3 rings (SSSR count). The third kappa shape index (κ3) is 4.65. The molecule has 2 amide bonds. The first kappa shape index (κ1) is 20.2. The Morgan fingerprint density at radius 1 is 1.11 bits per heavy atom. The van der Waals surface area contributed by atoms with E-state index in [0.717, 1.165) is 31.2 Å². The summed E-state index contributed by atoms with van der Waals surface area (Å²) in [4.78, 5) is 24.8. The summed E-state index contributed by atoms with van der Waals surface area (Å²) in [5, 5.41) is 6.35. The molecule has 0 atom stereocenters. The van der Waals surface area contributed by atoms with Crippen molar-refractivity contribution in [1.82, 2.24) is 5.32 Å². The molecule has 0 heterocycles. The number of hydrogen-bond donors (Lipinski definition) is 2. The van der Waals surface area contributed by atoms with Crippen LogP contribution in [0.3, 0.4) is 0 Å². The predicted molar refractivity (Wildman–Crippen MR) is 111 cm³/mol. The Balaban J connectivity index is 1.74. The molecule has 0 saturated heterocycles. The highest BCUT2D eigenvalue weighted by Crippen LogP contribution is 2.42. The van der Waals surface area contributed by atoms with Crippen molar-refractivity contribution in [3.05, 3.63) is 59.1 Å². The zero-order valence-electron chi connectivity index (χ0n) is 16.0. The van der Waals surface area contributed by atoms with Gasteiger partial charge in [0, 0.05) is 23.3 Å². The molecule has 1 aliphatic carbocycles. The highest BCUT2D eigenvalue weighted by Gasteiger charge is 2.42. The number of anilines is 1. The number of amides is 2. The van der Waals surface area contributed by atoms with Crippen molar-refractivity contribution in [2.75, 3.05) is 18.5 Å². The first-order valence-corrected chi connectivity index (χ1v) is 9.98. The van der Waals surface area contributed by atoms with Gasteiger partial charge in [-0.05, 0) is 49.6 Å². The number of hydrogen-bond acceptors (Lipinski definition) is 3. The van der Waals surface area contributed by atoms with Crippen LogP contribution in [0.15, 0.2) is 48.5 Å². The Labute approximate surface area is 170 Å². The third-order valence-electron chi connectivity index (χ3n) is 5.10. The Hall–Kier alpha value is -2.53. The van der Waals surface area contributed by atoms with Gasteiger partial charge < -0.3 is 15.4 Å². The van der Waals surface area contributed by atoms with Crippen LogP contribution in [0, 0.1) is 0 Å². The lowest BCUT2D eigenvalue weighted by molar-refractivity contribution is -0.123. The van der Waals surface area contributed by atoms with E-state index >= 15 is 0 Å². The van der Waals surface area contributed by atoms with Crippen molar-refractivity contribution < 1.29 is 14.3 Å². The minimum atomic E-state index is -0.567. The first-order chi connectivity index (χ1) is 13.5. The quantitative estimate of drug-likeness (QED) is 0.727. The molecular weight excluding hydrogens is 376 g/mol. The zero-order valence-corrected chi connectivity index (χ0v) is 16.7. The van der Waals surface area contributed by atoms with E-state index in [1.54, 1.807) is 18.2 Å². The fourth-order valence-corrected chi connectivity index (χ4v) is 3.91. The minimum Gasteiger partial charge on any atom is -0.484 e. The monoisotopic (exact) mass is 400 g/mol. The summed E-state index contributed by atoms with van der Waals surface area (Å²) in [5.74, 6) is 0.322. The molecule has 0 aliphatic heterocycles. The summed E-state index contributed by atoms with van der Waals surface area (Å²) in [6, 6.07) is 14.7. The Morgan fingerprint density at radius 3 is 2.57 bits per heavy atom. The maximum absolute atomic E-state index is 13.3. The summed E-state index contributed by atoms with van der Waals surface area (Å²) in [5.41, 5.74) is 1.04. The third-order valence-corrected chi connectivity index (χ3v) is 5.34. The van der Waals surface area contributed by atoms with Crippen LogP contribution in [-0.2, 0) is 15.0 Å². The van der Waals surface area contributed by atoms with Crippen LogP contribution < -0.4 is 15.4 Å². The molecule has 28 heavy (non-hydrogen) atoms. The lowest BCUT2D eigenvalue weighted by Crippen LogP contribution is -2.38. The molecule has 0 spiro atoms. The lowest BCUT2D eigenvalue weighted by Gasteiger charge is -2.28. The Bertz CT molecular complexity index is 847. The number of benzene rings is 2. The van der Waals surface area contributed by atoms with Crippen molar-refractivity contribution in [3.63, 3.8) is 0 Å². The summed E-state index contributed by atoms with van der Waals surface area (Å²) in [7, 11) is 0. The van der Waals surface area contributed by atoms with Gasteiger partial charge in [-0.1, -0.05) is 42.6 Å². The second-order valence-corrected chi connectivity index (χ2v) is 7.46. The molecule has 0 radical (unpaired) electrons. The predicted octanol–water partition coefficient (Wildman–Crippen LogP) is 4.31. The number of ether oxygens (including phenoxy) is 1. The largest absolute Gasteiger partial charge is 0.484 e. The van der Waals surface area contributed by atoms with Gasteiger partial charge in [0.25, 0.3) is 5.91 Å². The van der Waals surface area contributed by atoms with E-state index in [1.165, 1.54) is 0 Å². The van der Waals surface area contributed by atoms with Crippen LogP contribution in [0.4, 0.5) is 5.69 Å². The number of likely N-dealkylation sites (N-methyl/N-ethyl adjacent to an activating group) is 1. The molecule has 2 aromatic carbocycles. The van der Waals surface area contributed by atoms with Crippen LogP contribution in [0.2, 0.25) is 5.02 Å². The standard InChI is InChI=1S/C22H25ClN2O3/c1-2-24-20(26)15-28-19-10-6-9-18(14-19)25-21(27)22(11-3-4-12-22)16-7-5-8-17(23)13-16/h5-10,13-14H,2-4,11-12,15H2,1H3,(H,24,26)(H,25,27). The molecule has 1 fully saturated rings. The average Bonchev–Trinajstić information content (AvgIpc) is 3.18. The van der Waals surface area contributed by atoms with E-state index < -0.39 is 5.41 Å². The number of nitrogens with one attached hydrogen (secondary N) is 2. The zero-order chi connectivity index (χ0) is 20.0. The summed E-state index contributed by atoms with van der Waals surface area (Å²) < 4.78 is 5.51. The van der Waals surface area contributed by atoms with Crippen molar-refractivity contribution in [3.8, 4) is 5.75 Å². The SMILES string of the molecule is CCNC(=O)COc1cccc(NC(=O)C2(c3cccc(Cl)c3)CCCC2)c1. The fourth-order valence-electron chi connectivity index (χ4n) is 3.72. The number of carbonyl (C=O) groups is 2. The fraction of sp³-hybridized carbons (Fsp3) is 0.364. The summed E-state index contributed by atoms with van der Waals surface area (Å²) >= 11 is 6.17. The molecule has 2 N–H and O–H groups in total. The van der Waals surface area contributed by atoms with Gasteiger partial charge in [0.15, 0.2) is 6.61 Å². The number of halogens is 1. The second-order valence-electron chi connectivity index (χ2n) is 7.02. The van der Waals surface area contributed by atoms with Gasteiger partial charge in [-0.25, -0.2) is 0 Å². The van der Waals surface area contributed by atoms with Crippen LogP contribution >= 0.6 is 11.6 Å². The molecular formula is C22H25ClN2O3. The molecule has 1 aliphatic rings. The van der Waals surface area contributed by atoms with Crippen LogP contribution in [-0.4, -0.2) is 25.0 Å². The molecule has 0 bridgehead atoms. The van der Waals surface area contributed by atoms with Crippen molar-refractivity contribution in [1.29, 1.82) is 0 Å².